The van der Waals surface area contributed by atoms with Crippen molar-refractivity contribution >= 4 is 6.16 Å². The Labute approximate surface area is 54.7 Å². The number of ether oxygens (including phenoxy) is 2. The van der Waals surface area contributed by atoms with Crippen molar-refractivity contribution in [2.45, 2.75) is 19.9 Å². The van der Waals surface area contributed by atoms with Gasteiger partial charge in [0, 0.05) is 6.92 Å². The van der Waals surface area contributed by atoms with E-state index in [1.807, 2.05) is 0 Å². The highest BCUT2D eigenvalue weighted by Crippen LogP contribution is 2.00. The Morgan fingerprint density at radius 3 is 2.10 bits per heavy atom. The quantitative estimate of drug-likeness (QED) is 0.573. The first-order valence-electron chi connectivity index (χ1n) is 2.32. The Kier molecular flexibility index (Phi) is 3.60. The van der Waals surface area contributed by atoms with E-state index in [4.69, 9.17) is 0 Å². The molecule has 1 atom stereocenters. The van der Waals surface area contributed by atoms with Gasteiger partial charge in [-0.15, -0.1) is 0 Å². The number of carbonyl (C=O) groups is 1. The first kappa shape index (κ1) is 9.06. The van der Waals surface area contributed by atoms with Crippen molar-refractivity contribution < 1.29 is 27.4 Å². The molecule has 1 unspecified atom stereocenters. The molecule has 0 bridgehead atoms. The molecule has 0 aromatic heterocycles. The third-order valence-electron chi connectivity index (χ3n) is 0.444. The van der Waals surface area contributed by atoms with E-state index in [0.717, 1.165) is 6.92 Å². The summed E-state index contributed by atoms with van der Waals surface area (Å²) in [5.74, 6) is 0. The molecular formula is C4H5F3O3. The molecule has 0 saturated carbocycles. The maximum Gasteiger partial charge on any atom is 0.515 e. The molecule has 0 radical (unpaired) electrons. The van der Waals surface area contributed by atoms with Crippen LogP contribution in [0.4, 0.5) is 18.0 Å². The molecule has 0 fully saturated rings. The van der Waals surface area contributed by atoms with Gasteiger partial charge in [-0.25, -0.2) is 9.18 Å². The number of hydrogen-bond acceptors (Lipinski definition) is 3. The summed E-state index contributed by atoms with van der Waals surface area (Å²) in [6.45, 7) is -2.40. The van der Waals surface area contributed by atoms with E-state index in [1.165, 1.54) is 0 Å². The summed E-state index contributed by atoms with van der Waals surface area (Å²) in [6.07, 6.45) is -3.66. The predicted octanol–water partition coefficient (Wildman–Crippen LogP) is 1.68. The Hall–Kier alpha value is -0.940. The highest BCUT2D eigenvalue weighted by molar-refractivity contribution is 5.59. The van der Waals surface area contributed by atoms with Gasteiger partial charge in [0.2, 0.25) is 6.36 Å². The molecule has 0 aromatic carbocycles. The first-order valence-corrected chi connectivity index (χ1v) is 2.32. The zero-order valence-corrected chi connectivity index (χ0v) is 5.01. The molecule has 0 saturated heterocycles. The molecule has 0 aromatic rings. The molecule has 3 nitrogen and oxygen atoms in total. The third kappa shape index (κ3) is 5.20. The number of alkyl halides is 3. The van der Waals surface area contributed by atoms with E-state index >= 15 is 0 Å². The van der Waals surface area contributed by atoms with Crippen LogP contribution in [0.1, 0.15) is 6.92 Å². The zero-order chi connectivity index (χ0) is 8.15. The van der Waals surface area contributed by atoms with Crippen LogP contribution in [0.2, 0.25) is 0 Å². The second-order valence-electron chi connectivity index (χ2n) is 1.29. The van der Waals surface area contributed by atoms with Crippen LogP contribution < -0.4 is 0 Å². The van der Waals surface area contributed by atoms with E-state index < -0.39 is 19.1 Å². The normalized spacial score (nSPS) is 12.9. The average Bonchev–Trinajstić information content (AvgIpc) is 1.58. The van der Waals surface area contributed by atoms with E-state index in [9.17, 15) is 18.0 Å². The Morgan fingerprint density at radius 1 is 1.30 bits per heavy atom. The summed E-state index contributed by atoms with van der Waals surface area (Å²) >= 11 is 0. The lowest BCUT2D eigenvalue weighted by Crippen LogP contribution is -2.14. The average molecular weight is 158 g/mol. The molecule has 0 aliphatic rings. The number of rotatable bonds is 2. The van der Waals surface area contributed by atoms with Crippen molar-refractivity contribution in [3.8, 4) is 0 Å². The molecule has 60 valence electrons. The van der Waals surface area contributed by atoms with E-state index in [0.29, 0.717) is 0 Å². The lowest BCUT2D eigenvalue weighted by Gasteiger charge is -2.03. The largest absolute Gasteiger partial charge is 0.515 e. The molecule has 0 spiro atoms. The maximum atomic E-state index is 11.6. The van der Waals surface area contributed by atoms with Crippen LogP contribution in [0, 0.1) is 0 Å². The fourth-order valence-corrected chi connectivity index (χ4v) is 0.233. The summed E-state index contributed by atoms with van der Waals surface area (Å²) in [5, 5.41) is 0. The van der Waals surface area contributed by atoms with Gasteiger partial charge in [-0.05, 0) is 0 Å². The van der Waals surface area contributed by atoms with Crippen molar-refractivity contribution in [2.24, 2.45) is 0 Å². The number of halogens is 3. The molecule has 0 aliphatic carbocycles. The smallest absolute Gasteiger partial charge is 0.400 e. The van der Waals surface area contributed by atoms with Crippen LogP contribution >= 0.6 is 0 Å². The summed E-state index contributed by atoms with van der Waals surface area (Å²) in [4.78, 5) is 9.90. The van der Waals surface area contributed by atoms with Crippen molar-refractivity contribution in [1.82, 2.24) is 0 Å². The number of carbonyl (C=O) groups excluding carboxylic acids is 1. The van der Waals surface area contributed by atoms with Crippen LogP contribution in [0.3, 0.4) is 0 Å². The van der Waals surface area contributed by atoms with Gasteiger partial charge in [-0.2, -0.15) is 8.78 Å². The maximum absolute atomic E-state index is 11.6. The molecular weight excluding hydrogens is 153 g/mol. The molecule has 0 N–H and O–H groups in total. The van der Waals surface area contributed by atoms with Crippen LogP contribution in [-0.2, 0) is 9.47 Å². The van der Waals surface area contributed by atoms with E-state index in [2.05, 4.69) is 9.47 Å². The van der Waals surface area contributed by atoms with Crippen molar-refractivity contribution in [3.05, 3.63) is 0 Å². The highest BCUT2D eigenvalue weighted by atomic mass is 19.3. The van der Waals surface area contributed by atoms with Crippen molar-refractivity contribution in [1.29, 1.82) is 0 Å². The minimum absolute atomic E-state index is 0.868. The number of hydrogen-bond donors (Lipinski definition) is 0. The second kappa shape index (κ2) is 3.97. The van der Waals surface area contributed by atoms with Gasteiger partial charge in [0.1, 0.15) is 0 Å². The predicted molar refractivity (Wildman–Crippen MR) is 24.1 cm³/mol. The fraction of sp³-hybridized carbons (Fsp3) is 0.750. The summed E-state index contributed by atoms with van der Waals surface area (Å²) < 4.78 is 40.5. The van der Waals surface area contributed by atoms with Crippen LogP contribution in [-0.4, -0.2) is 19.1 Å². The zero-order valence-electron chi connectivity index (χ0n) is 5.01. The van der Waals surface area contributed by atoms with Gasteiger partial charge < -0.3 is 9.47 Å². The van der Waals surface area contributed by atoms with Gasteiger partial charge in [0.05, 0.1) is 0 Å². The van der Waals surface area contributed by atoms with Crippen LogP contribution in [0.15, 0.2) is 0 Å². The van der Waals surface area contributed by atoms with Gasteiger partial charge in [0.15, 0.2) is 0 Å². The summed E-state index contributed by atoms with van der Waals surface area (Å²) in [7, 11) is 0. The molecule has 0 heterocycles. The van der Waals surface area contributed by atoms with Crippen molar-refractivity contribution in [2.75, 3.05) is 0 Å². The van der Waals surface area contributed by atoms with E-state index in [-0.39, 0.29) is 0 Å². The molecule has 0 amide bonds. The van der Waals surface area contributed by atoms with Gasteiger partial charge in [-0.1, -0.05) is 0 Å². The summed E-state index contributed by atoms with van der Waals surface area (Å²) in [5.41, 5.74) is 0. The standard InChI is InChI=1S/C4H5F3O3/c1-2(5)9-4(8)10-3(6)7/h2-3H,1H3. The van der Waals surface area contributed by atoms with E-state index in [1.54, 1.807) is 0 Å². The summed E-state index contributed by atoms with van der Waals surface area (Å²) in [6, 6.07) is 0. The molecule has 0 rings (SSSR count). The fourth-order valence-electron chi connectivity index (χ4n) is 0.233. The van der Waals surface area contributed by atoms with Gasteiger partial charge in [-0.3, -0.25) is 0 Å². The van der Waals surface area contributed by atoms with Crippen LogP contribution in [0.5, 0.6) is 0 Å². The van der Waals surface area contributed by atoms with Gasteiger partial charge >= 0.3 is 12.8 Å². The Bertz CT molecular complexity index is 102. The monoisotopic (exact) mass is 158 g/mol. The van der Waals surface area contributed by atoms with Crippen LogP contribution in [0.25, 0.3) is 0 Å². The van der Waals surface area contributed by atoms with Gasteiger partial charge in [0.25, 0.3) is 0 Å². The molecule has 6 heteroatoms. The minimum Gasteiger partial charge on any atom is -0.400 e. The minimum atomic E-state index is -3.27. The third-order valence-corrected chi connectivity index (χ3v) is 0.444. The lowest BCUT2D eigenvalue weighted by atomic mass is 10.8. The second-order valence-corrected chi connectivity index (χ2v) is 1.29. The topological polar surface area (TPSA) is 35.5 Å². The molecule has 10 heavy (non-hydrogen) atoms. The SMILES string of the molecule is CC(F)OC(=O)OC(F)F. The first-order chi connectivity index (χ1) is 4.52. The Morgan fingerprint density at radius 2 is 1.80 bits per heavy atom. The Balaban J connectivity index is 3.44. The highest BCUT2D eigenvalue weighted by Gasteiger charge is 2.14. The van der Waals surface area contributed by atoms with Crippen molar-refractivity contribution in [3.63, 3.8) is 0 Å². The molecule has 0 aliphatic heterocycles. The lowest BCUT2D eigenvalue weighted by molar-refractivity contribution is -0.122.